The van der Waals surface area contributed by atoms with Crippen molar-refractivity contribution in [3.63, 3.8) is 0 Å². The number of thiocarbonyl (C=S) groups is 2. The summed E-state index contributed by atoms with van der Waals surface area (Å²) in [5.74, 6) is 0. The maximum atomic E-state index is 4.27. The molecule has 0 N–H and O–H groups in total. The lowest BCUT2D eigenvalue weighted by molar-refractivity contribution is 1.43. The first-order chi connectivity index (χ1) is 2.91. The van der Waals surface area contributed by atoms with E-state index in [0.717, 1.165) is 11.0 Å². The zero-order valence-corrected chi connectivity index (χ0v) is 4.50. The minimum Gasteiger partial charge on any atom is -0.147 e. The summed E-state index contributed by atoms with van der Waals surface area (Å²) in [6, 6.07) is 0. The van der Waals surface area contributed by atoms with Gasteiger partial charge in [-0.15, -0.1) is 10.2 Å². The summed E-state index contributed by atoms with van der Waals surface area (Å²) in [6.45, 7) is 0. The minimum absolute atomic E-state index is 1.16. The molecule has 0 saturated heterocycles. The van der Waals surface area contributed by atoms with Gasteiger partial charge in [0.2, 0.25) is 0 Å². The average Bonchev–Trinajstić information content (AvgIpc) is 1.61. The largest absolute Gasteiger partial charge is 0.147 e. The van der Waals surface area contributed by atoms with Gasteiger partial charge in [-0.25, -0.2) is 0 Å². The number of hydrogen-bond donors (Lipinski definition) is 0. The van der Waals surface area contributed by atoms with Crippen LogP contribution in [0.2, 0.25) is 0 Å². The molecule has 0 saturated carbocycles. The first-order valence-electron chi connectivity index (χ1n) is 1.19. The molecular weight excluding hydrogens is 116 g/mol. The molecule has 0 aromatic rings. The highest BCUT2D eigenvalue weighted by atomic mass is 32.1. The molecule has 2 nitrogen and oxygen atoms in total. The van der Waals surface area contributed by atoms with E-state index in [1.165, 1.54) is 0 Å². The first kappa shape index (κ1) is 5.78. The van der Waals surface area contributed by atoms with Gasteiger partial charge in [0, 0.05) is 0 Å². The van der Waals surface area contributed by atoms with Crippen LogP contribution in [0.1, 0.15) is 0 Å². The van der Waals surface area contributed by atoms with E-state index < -0.39 is 0 Å². The number of azo groups is 1. The third-order valence-electron chi connectivity index (χ3n) is 0.161. The van der Waals surface area contributed by atoms with Gasteiger partial charge in [-0.1, -0.05) is 24.4 Å². The lowest BCUT2D eigenvalue weighted by Gasteiger charge is -1.58. The third-order valence-corrected chi connectivity index (χ3v) is 0.350. The van der Waals surface area contributed by atoms with Crippen molar-refractivity contribution in [3.8, 4) is 0 Å². The summed E-state index contributed by atoms with van der Waals surface area (Å²) in [4.78, 5) is 0. The molecule has 0 aromatic heterocycles. The molecular formula is C2H2N2S2. The minimum atomic E-state index is 1.16. The van der Waals surface area contributed by atoms with E-state index in [1.54, 1.807) is 0 Å². The Balaban J connectivity index is 3.17. The van der Waals surface area contributed by atoms with E-state index >= 15 is 0 Å². The predicted molar refractivity (Wildman–Crippen MR) is 32.2 cm³/mol. The van der Waals surface area contributed by atoms with Gasteiger partial charge in [-0.3, -0.25) is 0 Å². The highest BCUT2D eigenvalue weighted by Crippen LogP contribution is 1.62. The van der Waals surface area contributed by atoms with Crippen molar-refractivity contribution in [2.75, 3.05) is 0 Å². The van der Waals surface area contributed by atoms with Gasteiger partial charge < -0.3 is 0 Å². The second-order valence-corrected chi connectivity index (χ2v) is 0.863. The number of nitrogens with zero attached hydrogens (tertiary/aromatic N) is 2. The van der Waals surface area contributed by atoms with Crippen LogP contribution in [0.3, 0.4) is 0 Å². The van der Waals surface area contributed by atoms with Gasteiger partial charge in [0.25, 0.3) is 0 Å². The fraction of sp³-hybridized carbons (Fsp3) is 0. The van der Waals surface area contributed by atoms with Gasteiger partial charge in [-0.05, 0) is 0 Å². The van der Waals surface area contributed by atoms with Crippen LogP contribution >= 0.6 is 24.4 Å². The summed E-state index contributed by atoms with van der Waals surface area (Å²) in [6.07, 6.45) is 0. The van der Waals surface area contributed by atoms with E-state index in [-0.39, 0.29) is 0 Å². The van der Waals surface area contributed by atoms with Crippen LogP contribution < -0.4 is 0 Å². The first-order valence-corrected chi connectivity index (χ1v) is 2.13. The van der Waals surface area contributed by atoms with Crippen LogP contribution in [0.5, 0.6) is 0 Å². The molecule has 0 amide bonds. The molecule has 0 spiro atoms. The van der Waals surface area contributed by atoms with Crippen LogP contribution in [0.4, 0.5) is 0 Å². The molecule has 4 heteroatoms. The zero-order chi connectivity index (χ0) is 4.83. The fourth-order valence-corrected chi connectivity index (χ4v) is 0.163. The van der Waals surface area contributed by atoms with E-state index in [0.29, 0.717) is 0 Å². The molecule has 32 valence electrons. The Kier molecular flexibility index (Phi) is 4.60. The molecule has 6 heavy (non-hydrogen) atoms. The van der Waals surface area contributed by atoms with E-state index in [1.807, 2.05) is 0 Å². The van der Waals surface area contributed by atoms with Crippen molar-refractivity contribution in [1.29, 1.82) is 0 Å². The van der Waals surface area contributed by atoms with Gasteiger partial charge in [-0.2, -0.15) is 0 Å². The fourth-order valence-electron chi connectivity index (χ4n) is 0.0544. The Hall–Kier alpha value is -0.220. The Morgan fingerprint density at radius 2 is 1.33 bits per heavy atom. The van der Waals surface area contributed by atoms with Crippen molar-refractivity contribution in [1.82, 2.24) is 0 Å². The standard InChI is InChI=1S/C2H2N2S2/c5-1-3-4-2-6/h1-2H. The van der Waals surface area contributed by atoms with E-state index in [2.05, 4.69) is 34.7 Å². The summed E-state index contributed by atoms with van der Waals surface area (Å²) in [7, 11) is 0. The molecule has 0 rings (SSSR count). The Bertz CT molecular complexity index is 67.6. The smallest absolute Gasteiger partial charge is 0.112 e. The van der Waals surface area contributed by atoms with Crippen molar-refractivity contribution in [2.24, 2.45) is 10.2 Å². The van der Waals surface area contributed by atoms with Crippen molar-refractivity contribution in [3.05, 3.63) is 0 Å². The molecule has 0 atom stereocenters. The highest BCUT2D eigenvalue weighted by molar-refractivity contribution is 7.79. The maximum Gasteiger partial charge on any atom is 0.112 e. The van der Waals surface area contributed by atoms with E-state index in [9.17, 15) is 0 Å². The van der Waals surface area contributed by atoms with Crippen LogP contribution in [-0.4, -0.2) is 11.0 Å². The molecule has 0 aromatic carbocycles. The number of rotatable bonds is 2. The molecule has 0 aliphatic rings. The van der Waals surface area contributed by atoms with Crippen LogP contribution in [0.15, 0.2) is 10.2 Å². The van der Waals surface area contributed by atoms with Gasteiger partial charge >= 0.3 is 0 Å². The third kappa shape index (κ3) is 3.78. The Labute approximate surface area is 46.3 Å². The SMILES string of the molecule is S=CN=NC=S. The quantitative estimate of drug-likeness (QED) is 0.404. The second kappa shape index (κ2) is 4.78. The van der Waals surface area contributed by atoms with Crippen molar-refractivity contribution >= 4 is 35.4 Å². The van der Waals surface area contributed by atoms with Crippen molar-refractivity contribution in [2.45, 2.75) is 0 Å². The van der Waals surface area contributed by atoms with Gasteiger partial charge in [0.1, 0.15) is 11.0 Å². The average molecular weight is 118 g/mol. The molecule has 0 heterocycles. The molecule has 0 bridgehead atoms. The lowest BCUT2D eigenvalue weighted by atomic mass is 11.4. The molecule has 0 radical (unpaired) electrons. The molecule has 0 fully saturated rings. The zero-order valence-electron chi connectivity index (χ0n) is 2.87. The normalized spacial score (nSPS) is 8.67. The van der Waals surface area contributed by atoms with Crippen LogP contribution in [0.25, 0.3) is 0 Å². The van der Waals surface area contributed by atoms with Crippen molar-refractivity contribution < 1.29 is 0 Å². The Morgan fingerprint density at radius 1 is 1.00 bits per heavy atom. The topological polar surface area (TPSA) is 24.7 Å². The van der Waals surface area contributed by atoms with Gasteiger partial charge in [0.05, 0.1) is 0 Å². The summed E-state index contributed by atoms with van der Waals surface area (Å²) in [5, 5.41) is 6.49. The second-order valence-electron chi connectivity index (χ2n) is 0.442. The summed E-state index contributed by atoms with van der Waals surface area (Å²) in [5.41, 5.74) is 2.31. The summed E-state index contributed by atoms with van der Waals surface area (Å²) < 4.78 is 0. The van der Waals surface area contributed by atoms with E-state index in [4.69, 9.17) is 0 Å². The maximum absolute atomic E-state index is 4.27. The highest BCUT2D eigenvalue weighted by Gasteiger charge is 1.50. The molecule has 0 unspecified atom stereocenters. The molecule has 0 aliphatic carbocycles. The summed E-state index contributed by atoms with van der Waals surface area (Å²) >= 11 is 8.53. The predicted octanol–water partition coefficient (Wildman–Crippen LogP) is 1.35. The van der Waals surface area contributed by atoms with Crippen LogP contribution in [-0.2, 0) is 0 Å². The lowest BCUT2D eigenvalue weighted by Crippen LogP contribution is -1.52. The number of hydrogen-bond acceptors (Lipinski definition) is 2. The molecule has 0 aliphatic heterocycles. The van der Waals surface area contributed by atoms with Gasteiger partial charge in [0.15, 0.2) is 0 Å². The monoisotopic (exact) mass is 118 g/mol. The Morgan fingerprint density at radius 3 is 1.50 bits per heavy atom. The van der Waals surface area contributed by atoms with Crippen LogP contribution in [0, 0.1) is 0 Å².